The van der Waals surface area contributed by atoms with Crippen LogP contribution in [0.15, 0.2) is 23.1 Å². The van der Waals surface area contributed by atoms with Gasteiger partial charge in [-0.1, -0.05) is 12.1 Å². The quantitative estimate of drug-likeness (QED) is 0.326. The molecule has 92 valence electrons. The highest BCUT2D eigenvalue weighted by molar-refractivity contribution is 8.13. The third kappa shape index (κ3) is 1.88. The molecule has 2 rings (SSSR count). The molecule has 1 aliphatic carbocycles. The topological polar surface area (TPSA) is 105 Å². The van der Waals surface area contributed by atoms with Crippen LogP contribution in [-0.2, 0) is 20.3 Å². The van der Waals surface area contributed by atoms with Crippen LogP contribution < -0.4 is 0 Å². The monoisotopic (exact) mass is 284 g/mol. The molecule has 6 nitrogen and oxygen atoms in total. The van der Waals surface area contributed by atoms with E-state index < -0.39 is 26.3 Å². The van der Waals surface area contributed by atoms with Crippen molar-refractivity contribution in [3.8, 4) is 0 Å². The van der Waals surface area contributed by atoms with Crippen molar-refractivity contribution >= 4 is 37.0 Å². The fourth-order valence-corrected chi connectivity index (χ4v) is 2.92. The summed E-state index contributed by atoms with van der Waals surface area (Å²) in [5, 5.41) is 0. The zero-order valence-corrected chi connectivity index (χ0v) is 10.3. The van der Waals surface area contributed by atoms with Gasteiger partial charge in [0.05, 0.1) is 11.3 Å². The van der Waals surface area contributed by atoms with Crippen LogP contribution in [0.3, 0.4) is 0 Å². The van der Waals surface area contributed by atoms with E-state index in [1.54, 1.807) is 0 Å². The van der Waals surface area contributed by atoms with E-state index in [2.05, 4.69) is 4.79 Å². The van der Waals surface area contributed by atoms with Crippen molar-refractivity contribution in [2.75, 3.05) is 0 Å². The first-order valence-corrected chi connectivity index (χ1v) is 7.03. The van der Waals surface area contributed by atoms with Gasteiger partial charge in [0.1, 0.15) is 0 Å². The minimum atomic E-state index is -4.04. The molecule has 0 heterocycles. The van der Waals surface area contributed by atoms with E-state index in [1.807, 2.05) is 0 Å². The van der Waals surface area contributed by atoms with E-state index in [0.717, 1.165) is 0 Å². The molecule has 0 amide bonds. The van der Waals surface area contributed by atoms with Gasteiger partial charge < -0.3 is 5.53 Å². The van der Waals surface area contributed by atoms with Gasteiger partial charge in [-0.3, -0.25) is 9.59 Å². The number of ketones is 2. The van der Waals surface area contributed by atoms with Crippen LogP contribution in [-0.4, -0.2) is 30.5 Å². The first-order valence-electron chi connectivity index (χ1n) is 4.72. The lowest BCUT2D eigenvalue weighted by molar-refractivity contribution is -0.114. The molecular weight excluding hydrogens is 280 g/mol. The number of rotatable bonds is 1. The summed E-state index contributed by atoms with van der Waals surface area (Å²) in [5.41, 5.74) is 8.27. The van der Waals surface area contributed by atoms with Crippen LogP contribution in [0.25, 0.3) is 5.53 Å². The molecule has 0 saturated carbocycles. The fraction of sp³-hybridized carbons (Fsp3) is 0.100. The number of fused-ring (bicyclic) bond motifs is 1. The van der Waals surface area contributed by atoms with E-state index in [0.29, 0.717) is 0 Å². The Morgan fingerprint density at radius 3 is 2.44 bits per heavy atom. The third-order valence-electron chi connectivity index (χ3n) is 2.57. The van der Waals surface area contributed by atoms with E-state index in [4.69, 9.17) is 16.2 Å². The Morgan fingerprint density at radius 1 is 1.22 bits per heavy atom. The number of Topliss-reactive ketones (excluding diaryl/α,β-unsaturated/α-hetero) is 2. The summed E-state index contributed by atoms with van der Waals surface area (Å²) in [7, 11) is 1.20. The number of hydrogen-bond donors (Lipinski definition) is 0. The van der Waals surface area contributed by atoms with Gasteiger partial charge in [-0.25, -0.2) is 8.42 Å². The van der Waals surface area contributed by atoms with Gasteiger partial charge in [-0.15, -0.1) is 0 Å². The van der Waals surface area contributed by atoms with Crippen molar-refractivity contribution < 1.29 is 22.8 Å². The molecule has 0 saturated heterocycles. The van der Waals surface area contributed by atoms with Crippen LogP contribution in [0.1, 0.15) is 15.9 Å². The van der Waals surface area contributed by atoms with E-state index in [9.17, 15) is 18.0 Å². The van der Waals surface area contributed by atoms with Gasteiger partial charge in [-0.05, 0) is 11.6 Å². The minimum Gasteiger partial charge on any atom is -0.361 e. The number of carbonyl (C=O) groups excluding carboxylic acids is 2. The second-order valence-electron chi connectivity index (χ2n) is 3.60. The van der Waals surface area contributed by atoms with Crippen molar-refractivity contribution in [2.45, 2.75) is 11.3 Å². The Labute approximate surface area is 106 Å². The molecule has 0 aromatic heterocycles. The highest BCUT2D eigenvalue weighted by Crippen LogP contribution is 2.27. The SMILES string of the molecule is [N-]=[N+]=C1Cc2c(cccc2S(=O)(=O)Cl)C(=O)C1=O. The van der Waals surface area contributed by atoms with Crippen LogP contribution in [0.5, 0.6) is 0 Å². The molecule has 0 unspecified atom stereocenters. The summed E-state index contributed by atoms with van der Waals surface area (Å²) < 4.78 is 22.7. The summed E-state index contributed by atoms with van der Waals surface area (Å²) >= 11 is 0. The molecule has 1 aromatic carbocycles. The molecule has 0 N–H and O–H groups in total. The van der Waals surface area contributed by atoms with Crippen molar-refractivity contribution in [2.24, 2.45) is 0 Å². The van der Waals surface area contributed by atoms with Gasteiger partial charge in [0.15, 0.2) is 0 Å². The summed E-state index contributed by atoms with van der Waals surface area (Å²) in [6.07, 6.45) is -0.251. The predicted molar refractivity (Wildman–Crippen MR) is 61.1 cm³/mol. The molecule has 0 fully saturated rings. The average Bonchev–Trinajstić information content (AvgIpc) is 2.31. The fourth-order valence-electron chi connectivity index (χ4n) is 1.77. The molecule has 1 aromatic rings. The number of halogens is 1. The van der Waals surface area contributed by atoms with Crippen LogP contribution >= 0.6 is 10.7 Å². The number of hydrogen-bond acceptors (Lipinski definition) is 4. The molecular formula is C10H5ClN2O4S. The molecule has 8 heteroatoms. The Balaban J connectivity index is 2.81. The van der Waals surface area contributed by atoms with Gasteiger partial charge in [0, 0.05) is 16.2 Å². The molecule has 0 aliphatic heterocycles. The molecule has 1 aliphatic rings. The first kappa shape index (κ1) is 12.6. The summed E-state index contributed by atoms with van der Waals surface area (Å²) in [6.45, 7) is 0. The normalized spacial score (nSPS) is 15.3. The number of carbonyl (C=O) groups is 2. The maximum atomic E-state index is 11.7. The first-order chi connectivity index (χ1) is 8.36. The van der Waals surface area contributed by atoms with Crippen molar-refractivity contribution in [1.82, 2.24) is 0 Å². The second kappa shape index (κ2) is 4.13. The zero-order valence-electron chi connectivity index (χ0n) is 8.75. The van der Waals surface area contributed by atoms with Gasteiger partial charge in [0.2, 0.25) is 5.78 Å². The standard InChI is InChI=1S/C10H5ClN2O4S/c11-18(16,17)8-3-1-2-5-6(8)4-7(13-12)10(15)9(5)14/h1-3H,4H2. The lowest BCUT2D eigenvalue weighted by Gasteiger charge is -2.13. The number of nitrogens with zero attached hydrogens (tertiary/aromatic N) is 2. The minimum absolute atomic E-state index is 0.0332. The van der Waals surface area contributed by atoms with Crippen LogP contribution in [0.2, 0.25) is 0 Å². The molecule has 18 heavy (non-hydrogen) atoms. The largest absolute Gasteiger partial charge is 0.361 e. The Kier molecular flexibility index (Phi) is 2.90. The predicted octanol–water partition coefficient (Wildman–Crippen LogP) is 0.593. The average molecular weight is 285 g/mol. The summed E-state index contributed by atoms with van der Waals surface area (Å²) in [5.74, 6) is -1.86. The highest BCUT2D eigenvalue weighted by Gasteiger charge is 2.38. The lowest BCUT2D eigenvalue weighted by Crippen LogP contribution is -2.33. The van der Waals surface area contributed by atoms with Gasteiger partial charge in [-0.2, -0.15) is 4.79 Å². The highest BCUT2D eigenvalue weighted by atomic mass is 35.7. The summed E-state index contributed by atoms with van der Waals surface area (Å²) in [4.78, 5) is 25.6. The van der Waals surface area contributed by atoms with E-state index >= 15 is 0 Å². The van der Waals surface area contributed by atoms with E-state index in [1.165, 1.54) is 18.2 Å². The summed E-state index contributed by atoms with van der Waals surface area (Å²) in [6, 6.07) is 3.87. The van der Waals surface area contributed by atoms with Crippen molar-refractivity contribution in [3.05, 3.63) is 34.9 Å². The molecule has 0 atom stereocenters. The third-order valence-corrected chi connectivity index (χ3v) is 3.98. The smallest absolute Gasteiger partial charge is 0.347 e. The Hall–Kier alpha value is -1.82. The maximum Gasteiger partial charge on any atom is 0.347 e. The van der Waals surface area contributed by atoms with Crippen molar-refractivity contribution in [3.63, 3.8) is 0 Å². The number of benzene rings is 1. The Bertz CT molecular complexity index is 732. The van der Waals surface area contributed by atoms with Crippen LogP contribution in [0.4, 0.5) is 0 Å². The van der Waals surface area contributed by atoms with E-state index in [-0.39, 0.29) is 22.4 Å². The zero-order chi connectivity index (χ0) is 13.5. The molecule has 0 radical (unpaired) electrons. The van der Waals surface area contributed by atoms with Gasteiger partial charge in [0.25, 0.3) is 9.05 Å². The Morgan fingerprint density at radius 2 is 1.89 bits per heavy atom. The van der Waals surface area contributed by atoms with Gasteiger partial charge >= 0.3 is 11.5 Å². The maximum absolute atomic E-state index is 11.7. The molecule has 0 bridgehead atoms. The van der Waals surface area contributed by atoms with Crippen molar-refractivity contribution in [1.29, 1.82) is 0 Å². The second-order valence-corrected chi connectivity index (χ2v) is 6.14. The van der Waals surface area contributed by atoms with Crippen LogP contribution in [0, 0.1) is 0 Å². The molecule has 0 spiro atoms. The lowest BCUT2D eigenvalue weighted by atomic mass is 9.88.